The third kappa shape index (κ3) is 3.73. The zero-order valence-electron chi connectivity index (χ0n) is 18.8. The third-order valence-corrected chi connectivity index (χ3v) is 6.75. The van der Waals surface area contributed by atoms with E-state index in [4.69, 9.17) is 0 Å². The Balaban J connectivity index is 1.27. The number of carboxylic acid groups (broad SMARTS) is 1. The molecule has 4 aliphatic rings. The number of hydrogen-bond donors (Lipinski definition) is 3. The van der Waals surface area contributed by atoms with Gasteiger partial charge in [-0.15, -0.1) is 8.78 Å². The molecule has 1 amide bonds. The second-order valence-electron chi connectivity index (χ2n) is 9.04. The van der Waals surface area contributed by atoms with Gasteiger partial charge in [0.15, 0.2) is 11.5 Å². The van der Waals surface area contributed by atoms with Crippen molar-refractivity contribution in [3.63, 3.8) is 0 Å². The van der Waals surface area contributed by atoms with E-state index in [-0.39, 0.29) is 23.0 Å². The molecule has 36 heavy (non-hydrogen) atoms. The highest BCUT2D eigenvalue weighted by atomic mass is 19.3. The molecule has 0 aromatic heterocycles. The van der Waals surface area contributed by atoms with Gasteiger partial charge in [0, 0.05) is 5.56 Å². The van der Waals surface area contributed by atoms with Crippen LogP contribution in [0.2, 0.25) is 0 Å². The van der Waals surface area contributed by atoms with Gasteiger partial charge >= 0.3 is 12.3 Å². The molecule has 2 aromatic rings. The third-order valence-electron chi connectivity index (χ3n) is 6.75. The lowest BCUT2D eigenvalue weighted by atomic mass is 9.92. The van der Waals surface area contributed by atoms with Gasteiger partial charge in [-0.2, -0.15) is 0 Å². The first-order valence-electron chi connectivity index (χ1n) is 11.4. The van der Waals surface area contributed by atoms with Crippen LogP contribution in [0, 0.1) is 0 Å². The number of hydrogen-bond acceptors (Lipinski definition) is 5. The fourth-order valence-electron chi connectivity index (χ4n) is 4.72. The summed E-state index contributed by atoms with van der Waals surface area (Å²) in [5, 5.41) is 15.5. The summed E-state index contributed by atoms with van der Waals surface area (Å²) in [5.74, 6) is -0.929. The quantitative estimate of drug-likeness (QED) is 0.587. The van der Waals surface area contributed by atoms with Crippen molar-refractivity contribution in [3.8, 4) is 11.5 Å². The molecule has 0 saturated heterocycles. The maximum absolute atomic E-state index is 13.4. The van der Waals surface area contributed by atoms with Crippen molar-refractivity contribution in [1.82, 2.24) is 10.6 Å². The molecule has 3 N–H and O–H groups in total. The van der Waals surface area contributed by atoms with E-state index in [0.717, 1.165) is 22.4 Å². The lowest BCUT2D eigenvalue weighted by molar-refractivity contribution is -0.286. The van der Waals surface area contributed by atoms with Crippen LogP contribution in [-0.4, -0.2) is 23.3 Å². The number of amides is 1. The molecule has 0 radical (unpaired) electrons. The van der Waals surface area contributed by atoms with Crippen molar-refractivity contribution in [3.05, 3.63) is 94.4 Å². The maximum Gasteiger partial charge on any atom is 0.586 e. The average molecular weight is 490 g/mol. The van der Waals surface area contributed by atoms with Gasteiger partial charge in [-0.25, -0.2) is 4.79 Å². The molecule has 9 heteroatoms. The van der Waals surface area contributed by atoms with E-state index >= 15 is 0 Å². The molecular weight excluding hydrogens is 470 g/mol. The lowest BCUT2D eigenvalue weighted by Crippen LogP contribution is -2.39. The van der Waals surface area contributed by atoms with Gasteiger partial charge in [0.2, 0.25) is 5.91 Å². The van der Waals surface area contributed by atoms with Crippen LogP contribution >= 0.6 is 0 Å². The monoisotopic (exact) mass is 490 g/mol. The first-order chi connectivity index (χ1) is 17.2. The van der Waals surface area contributed by atoms with Crippen molar-refractivity contribution in [2.45, 2.75) is 31.0 Å². The molecule has 7 nitrogen and oxygen atoms in total. The number of allylic oxidation sites excluding steroid dienone is 3. The van der Waals surface area contributed by atoms with Crippen molar-refractivity contribution in [2.75, 3.05) is 0 Å². The van der Waals surface area contributed by atoms with E-state index in [1.807, 2.05) is 30.3 Å². The van der Waals surface area contributed by atoms with Crippen LogP contribution in [0.4, 0.5) is 8.78 Å². The number of ether oxygens (including phenoxy) is 2. The molecular formula is C27H20F2N2O5. The number of carbonyl (C=O) groups excluding carboxylic acids is 1. The van der Waals surface area contributed by atoms with Gasteiger partial charge in [0.1, 0.15) is 5.82 Å². The minimum atomic E-state index is -3.72. The molecule has 2 heterocycles. The normalized spacial score (nSPS) is 22.1. The Morgan fingerprint density at radius 2 is 1.81 bits per heavy atom. The summed E-state index contributed by atoms with van der Waals surface area (Å²) in [5.41, 5.74) is 3.43. The molecule has 1 saturated carbocycles. The number of alkyl halides is 2. The highest BCUT2D eigenvalue weighted by Gasteiger charge is 2.53. The molecule has 0 spiro atoms. The molecule has 182 valence electrons. The number of nitrogens with one attached hydrogen (secondary N) is 2. The van der Waals surface area contributed by atoms with Crippen LogP contribution in [0.3, 0.4) is 0 Å². The smallest absolute Gasteiger partial charge is 0.478 e. The standard InChI is InChI=1S/C27H20F2N2O5/c28-27(29)35-20-10-9-18(14-21(20)36-27)26(11-12-26)25(34)31-22-13-17-3-1-2-4-19(17)23(30-22)15-5-7-16(8-6-15)24(32)33/h1-5,7-10,13-14,30H,6,11-12H2,(H,31,34)(H,32,33). The summed E-state index contributed by atoms with van der Waals surface area (Å²) in [6.45, 7) is 0. The second kappa shape index (κ2) is 7.81. The van der Waals surface area contributed by atoms with Crippen LogP contribution < -0.4 is 20.1 Å². The summed E-state index contributed by atoms with van der Waals surface area (Å²) < 4.78 is 35.9. The number of carboxylic acids is 1. The molecule has 2 aliphatic carbocycles. The number of fused-ring (bicyclic) bond motifs is 2. The van der Waals surface area contributed by atoms with Gasteiger partial charge in [-0.1, -0.05) is 42.5 Å². The van der Waals surface area contributed by atoms with Crippen molar-refractivity contribution < 1.29 is 33.0 Å². The SMILES string of the molecule is O=C(O)C1=CCC(=C2NC(NC(=O)C3(c4ccc5c(c4)OC(F)(F)O5)CC3)=Cc3ccccc32)C=C1. The van der Waals surface area contributed by atoms with Crippen LogP contribution in [0.5, 0.6) is 11.5 Å². The maximum atomic E-state index is 13.4. The van der Waals surface area contributed by atoms with Crippen molar-refractivity contribution in [1.29, 1.82) is 0 Å². The Kier molecular flexibility index (Phi) is 4.79. The van der Waals surface area contributed by atoms with E-state index < -0.39 is 17.7 Å². The van der Waals surface area contributed by atoms with E-state index in [1.54, 1.807) is 24.3 Å². The topological polar surface area (TPSA) is 96.9 Å². The van der Waals surface area contributed by atoms with Gasteiger partial charge < -0.3 is 25.2 Å². The fraction of sp³-hybridized carbons (Fsp3) is 0.185. The first-order valence-corrected chi connectivity index (χ1v) is 11.4. The minimum Gasteiger partial charge on any atom is -0.478 e. The van der Waals surface area contributed by atoms with E-state index in [2.05, 4.69) is 20.1 Å². The zero-order valence-corrected chi connectivity index (χ0v) is 18.8. The highest BCUT2D eigenvalue weighted by molar-refractivity contribution is 5.95. The second-order valence-corrected chi connectivity index (χ2v) is 9.04. The molecule has 0 bridgehead atoms. The van der Waals surface area contributed by atoms with Gasteiger partial charge in [-0.3, -0.25) is 4.79 Å². The Hall–Kier alpha value is -4.40. The predicted octanol–water partition coefficient (Wildman–Crippen LogP) is 4.44. The minimum absolute atomic E-state index is 0.0647. The Morgan fingerprint density at radius 1 is 1.03 bits per heavy atom. The lowest BCUT2D eigenvalue weighted by Gasteiger charge is -2.26. The van der Waals surface area contributed by atoms with Crippen LogP contribution in [-0.2, 0) is 15.0 Å². The molecule has 0 atom stereocenters. The van der Waals surface area contributed by atoms with Gasteiger partial charge in [-0.05, 0) is 60.2 Å². The number of carbonyl (C=O) groups is 2. The van der Waals surface area contributed by atoms with Crippen molar-refractivity contribution >= 4 is 23.6 Å². The molecule has 1 fully saturated rings. The predicted molar refractivity (Wildman–Crippen MR) is 126 cm³/mol. The van der Waals surface area contributed by atoms with E-state index in [0.29, 0.717) is 30.6 Å². The fourth-order valence-corrected chi connectivity index (χ4v) is 4.72. The molecule has 2 aromatic carbocycles. The van der Waals surface area contributed by atoms with Crippen LogP contribution in [0.15, 0.2) is 77.7 Å². The Morgan fingerprint density at radius 3 is 2.53 bits per heavy atom. The number of rotatable bonds is 4. The van der Waals surface area contributed by atoms with Gasteiger partial charge in [0.05, 0.1) is 16.7 Å². The summed E-state index contributed by atoms with van der Waals surface area (Å²) in [6, 6.07) is 12.1. The van der Waals surface area contributed by atoms with E-state index in [9.17, 15) is 23.5 Å². The molecule has 6 rings (SSSR count). The zero-order chi connectivity index (χ0) is 25.1. The summed E-state index contributed by atoms with van der Waals surface area (Å²) in [7, 11) is 0. The van der Waals surface area contributed by atoms with E-state index in [1.165, 1.54) is 12.1 Å². The summed E-state index contributed by atoms with van der Waals surface area (Å²) >= 11 is 0. The average Bonchev–Trinajstić information content (AvgIpc) is 3.60. The van der Waals surface area contributed by atoms with Crippen LogP contribution in [0.1, 0.15) is 36.0 Å². The molecule has 2 aliphatic heterocycles. The first kappa shape index (κ1) is 22.1. The number of halogens is 2. The Labute approximate surface area is 204 Å². The largest absolute Gasteiger partial charge is 0.586 e. The highest BCUT2D eigenvalue weighted by Crippen LogP contribution is 2.52. The van der Waals surface area contributed by atoms with Crippen molar-refractivity contribution in [2.24, 2.45) is 0 Å². The Bertz CT molecular complexity index is 1450. The van der Waals surface area contributed by atoms with Gasteiger partial charge in [0.25, 0.3) is 0 Å². The summed E-state index contributed by atoms with van der Waals surface area (Å²) in [6.07, 6.45) is 4.63. The number of aliphatic carboxylic acids is 1. The molecule has 0 unspecified atom stereocenters. The number of benzene rings is 2. The van der Waals surface area contributed by atoms with Crippen LogP contribution in [0.25, 0.3) is 11.8 Å². The summed E-state index contributed by atoms with van der Waals surface area (Å²) in [4.78, 5) is 24.7.